The third-order valence-corrected chi connectivity index (χ3v) is 11.6. The molecule has 4 aliphatic rings. The van der Waals surface area contributed by atoms with Gasteiger partial charge in [0.1, 0.15) is 0 Å². The highest BCUT2D eigenvalue weighted by Gasteiger charge is 2.59. The zero-order valence-electron chi connectivity index (χ0n) is 25.7. The molecule has 6 heteroatoms. The molecule has 0 aromatic heterocycles. The largest absolute Gasteiger partial charge is 0.379 e. The van der Waals surface area contributed by atoms with Gasteiger partial charge >= 0.3 is 0 Å². The molecule has 8 atom stereocenters. The molecule has 3 unspecified atom stereocenters. The molecule has 0 aromatic rings. The van der Waals surface area contributed by atoms with Gasteiger partial charge < -0.3 is 14.2 Å². The Labute approximate surface area is 238 Å². The number of hydrogen-bond donors (Lipinski definition) is 0. The minimum atomic E-state index is 0.334. The van der Waals surface area contributed by atoms with E-state index in [1.165, 1.54) is 64.2 Å². The van der Waals surface area contributed by atoms with E-state index in [-0.39, 0.29) is 0 Å². The third kappa shape index (κ3) is 7.23. The van der Waals surface area contributed by atoms with Gasteiger partial charge in [-0.15, -0.1) is 0 Å². The summed E-state index contributed by atoms with van der Waals surface area (Å²) in [6, 6.07) is 0. The molecular weight excluding hydrogens is 486 g/mol. The molecule has 4 rings (SSSR count). The van der Waals surface area contributed by atoms with Gasteiger partial charge in [-0.2, -0.15) is 0 Å². The van der Waals surface area contributed by atoms with Crippen LogP contribution in [0.5, 0.6) is 0 Å². The van der Waals surface area contributed by atoms with E-state index in [9.17, 15) is 0 Å². The molecule has 3 fully saturated rings. The number of allylic oxidation sites excluding steroid dienone is 1. The van der Waals surface area contributed by atoms with Gasteiger partial charge in [-0.05, 0) is 103 Å². The van der Waals surface area contributed by atoms with E-state index in [0.29, 0.717) is 56.5 Å². The van der Waals surface area contributed by atoms with Crippen LogP contribution >= 0.6 is 0 Å². The van der Waals surface area contributed by atoms with E-state index in [2.05, 4.69) is 50.7 Å². The smallest absolute Gasteiger partial charge is 0.0704 e. The van der Waals surface area contributed by atoms with Crippen LogP contribution in [0.4, 0.5) is 0 Å². The van der Waals surface area contributed by atoms with Gasteiger partial charge in [-0.1, -0.05) is 70.6 Å². The van der Waals surface area contributed by atoms with Crippen molar-refractivity contribution in [1.82, 2.24) is 0 Å². The number of nitrogens with zero attached hydrogens (tertiary/aromatic N) is 3. The molecule has 0 spiro atoms. The second-order valence-electron chi connectivity index (χ2n) is 14.2. The summed E-state index contributed by atoms with van der Waals surface area (Å²) in [7, 11) is 0. The lowest BCUT2D eigenvalue weighted by molar-refractivity contribution is -0.0688. The molecule has 222 valence electrons. The molecule has 0 N–H and O–H groups in total. The Balaban J connectivity index is 1.24. The lowest BCUT2D eigenvalue weighted by Gasteiger charge is -2.58. The molecule has 0 bridgehead atoms. The molecule has 3 saturated carbocycles. The van der Waals surface area contributed by atoms with Crippen LogP contribution in [0.25, 0.3) is 10.4 Å². The van der Waals surface area contributed by atoms with Crippen LogP contribution in [0.3, 0.4) is 0 Å². The quantitative estimate of drug-likeness (QED) is 0.0681. The van der Waals surface area contributed by atoms with Gasteiger partial charge in [0.25, 0.3) is 0 Å². The molecule has 0 aliphatic heterocycles. The Morgan fingerprint density at radius 3 is 2.49 bits per heavy atom. The van der Waals surface area contributed by atoms with Crippen molar-refractivity contribution < 1.29 is 14.2 Å². The van der Waals surface area contributed by atoms with Crippen LogP contribution < -0.4 is 0 Å². The van der Waals surface area contributed by atoms with Crippen molar-refractivity contribution in [1.29, 1.82) is 0 Å². The Morgan fingerprint density at radius 1 is 0.949 bits per heavy atom. The zero-order chi connectivity index (χ0) is 27.9. The fourth-order valence-electron chi connectivity index (χ4n) is 9.54. The maximum absolute atomic E-state index is 8.26. The van der Waals surface area contributed by atoms with Crippen molar-refractivity contribution in [3.63, 3.8) is 0 Å². The number of azide groups is 1. The number of ether oxygens (including phenoxy) is 3. The molecular formula is C33H57N3O3. The van der Waals surface area contributed by atoms with Gasteiger partial charge in [0, 0.05) is 11.5 Å². The van der Waals surface area contributed by atoms with E-state index in [0.717, 1.165) is 41.9 Å². The van der Waals surface area contributed by atoms with Gasteiger partial charge in [-0.3, -0.25) is 0 Å². The van der Waals surface area contributed by atoms with Crippen LogP contribution in [0.1, 0.15) is 105 Å². The molecule has 39 heavy (non-hydrogen) atoms. The average Bonchev–Trinajstić information content (AvgIpc) is 3.27. The molecule has 0 radical (unpaired) electrons. The lowest BCUT2D eigenvalue weighted by atomic mass is 9.47. The van der Waals surface area contributed by atoms with E-state index < -0.39 is 0 Å². The highest BCUT2D eigenvalue weighted by atomic mass is 16.5. The van der Waals surface area contributed by atoms with Crippen molar-refractivity contribution >= 4 is 0 Å². The average molecular weight is 544 g/mol. The minimum Gasteiger partial charge on any atom is -0.379 e. The van der Waals surface area contributed by atoms with Crippen LogP contribution in [-0.4, -0.2) is 45.7 Å². The topological polar surface area (TPSA) is 76.5 Å². The van der Waals surface area contributed by atoms with Crippen molar-refractivity contribution in [3.05, 3.63) is 22.1 Å². The van der Waals surface area contributed by atoms with Crippen molar-refractivity contribution in [2.45, 2.75) is 111 Å². The van der Waals surface area contributed by atoms with Crippen molar-refractivity contribution in [2.24, 2.45) is 51.5 Å². The van der Waals surface area contributed by atoms with Gasteiger partial charge in [0.2, 0.25) is 0 Å². The summed E-state index contributed by atoms with van der Waals surface area (Å²) >= 11 is 0. The molecule has 4 aliphatic carbocycles. The highest BCUT2D eigenvalue weighted by Crippen LogP contribution is 2.67. The highest BCUT2D eigenvalue weighted by molar-refractivity contribution is 5.25. The predicted molar refractivity (Wildman–Crippen MR) is 158 cm³/mol. The molecule has 0 aromatic carbocycles. The number of rotatable bonds is 15. The fraction of sp³-hybridized carbons (Fsp3) is 0.939. The second-order valence-corrected chi connectivity index (χ2v) is 14.2. The summed E-state index contributed by atoms with van der Waals surface area (Å²) in [5.74, 6) is 5.35. The summed E-state index contributed by atoms with van der Waals surface area (Å²) in [5, 5.41) is 3.46. The Morgan fingerprint density at radius 2 is 1.72 bits per heavy atom. The predicted octanol–water partition coefficient (Wildman–Crippen LogP) is 8.76. The molecule has 0 saturated heterocycles. The van der Waals surface area contributed by atoms with Crippen molar-refractivity contribution in [3.8, 4) is 0 Å². The summed E-state index contributed by atoms with van der Waals surface area (Å²) in [4.78, 5) is 2.72. The minimum absolute atomic E-state index is 0.334. The van der Waals surface area contributed by atoms with Crippen LogP contribution in [0.2, 0.25) is 0 Å². The van der Waals surface area contributed by atoms with Crippen LogP contribution in [0.15, 0.2) is 16.8 Å². The monoisotopic (exact) mass is 543 g/mol. The maximum Gasteiger partial charge on any atom is 0.0704 e. The SMILES string of the molecule is CC(C)CCC[C@@H](C)[C@H]1CCC2C3CC=C4C[C@@H](OCCOCCOCCN=[N+]=[N-])CC[C@]4(C)C3CC[C@@]21C. The first kappa shape index (κ1) is 30.9. The maximum atomic E-state index is 8.26. The lowest BCUT2D eigenvalue weighted by Crippen LogP contribution is -2.51. The van der Waals surface area contributed by atoms with Gasteiger partial charge in [0.05, 0.1) is 39.1 Å². The second kappa shape index (κ2) is 14.2. The summed E-state index contributed by atoms with van der Waals surface area (Å²) in [6.45, 7) is 15.8. The number of fused-ring (bicyclic) bond motifs is 5. The van der Waals surface area contributed by atoms with Gasteiger partial charge in [-0.25, -0.2) is 0 Å². The van der Waals surface area contributed by atoms with Crippen molar-refractivity contribution in [2.75, 3.05) is 39.6 Å². The Hall–Kier alpha value is -1.07. The van der Waals surface area contributed by atoms with E-state index in [4.69, 9.17) is 19.7 Å². The summed E-state index contributed by atoms with van der Waals surface area (Å²) in [5.41, 5.74) is 10.9. The van der Waals surface area contributed by atoms with E-state index in [1.54, 1.807) is 5.57 Å². The molecule has 0 amide bonds. The van der Waals surface area contributed by atoms with Gasteiger partial charge in [0.15, 0.2) is 0 Å². The summed E-state index contributed by atoms with van der Waals surface area (Å²) in [6.07, 6.45) is 17.9. The first-order valence-electron chi connectivity index (χ1n) is 16.3. The third-order valence-electron chi connectivity index (χ3n) is 11.6. The van der Waals surface area contributed by atoms with E-state index >= 15 is 0 Å². The fourth-order valence-corrected chi connectivity index (χ4v) is 9.54. The standard InChI is InChI=1S/C33H57N3O3/c1-24(2)7-6-8-25(3)29-11-12-30-28-10-9-26-23-27(39-22-21-38-20-19-37-18-17-35-36-34)13-15-32(26,4)31(28)14-16-33(29,30)5/h9,24-25,27-31H,6-8,10-23H2,1-5H3/t25-,27+,28?,29-,30?,31?,32+,33-/m1/s1. The van der Waals surface area contributed by atoms with Crippen LogP contribution in [0, 0.1) is 46.3 Å². The molecule has 6 nitrogen and oxygen atoms in total. The first-order chi connectivity index (χ1) is 18.8. The first-order valence-corrected chi connectivity index (χ1v) is 16.3. The Bertz CT molecular complexity index is 855. The zero-order valence-corrected chi connectivity index (χ0v) is 25.7. The van der Waals surface area contributed by atoms with E-state index in [1.807, 2.05) is 0 Å². The molecule has 0 heterocycles. The number of hydrogen-bond acceptors (Lipinski definition) is 4. The summed E-state index contributed by atoms with van der Waals surface area (Å²) < 4.78 is 17.3. The van der Waals surface area contributed by atoms with Crippen LogP contribution in [-0.2, 0) is 14.2 Å². The normalized spacial score (nSPS) is 36.5. The Kier molecular flexibility index (Phi) is 11.2.